The maximum Gasteiger partial charge on any atom is 0.424 e. The van der Waals surface area contributed by atoms with E-state index in [0.717, 1.165) is 10.1 Å². The van der Waals surface area contributed by atoms with Gasteiger partial charge in [0.1, 0.15) is 11.6 Å². The van der Waals surface area contributed by atoms with Crippen LogP contribution in [0.25, 0.3) is 0 Å². The van der Waals surface area contributed by atoms with Gasteiger partial charge in [-0.15, -0.1) is 0 Å². The predicted molar refractivity (Wildman–Crippen MR) is 92.1 cm³/mol. The number of nitrogens with zero attached hydrogens (tertiary/aromatic N) is 2. The number of ether oxygens (including phenoxy) is 1. The molecule has 0 radical (unpaired) electrons. The summed E-state index contributed by atoms with van der Waals surface area (Å²) in [5.41, 5.74) is -2.31. The molecule has 2 rings (SSSR count). The number of aromatic nitrogens is 2. The van der Waals surface area contributed by atoms with E-state index >= 15 is 0 Å². The van der Waals surface area contributed by atoms with Crippen LogP contribution in [0.3, 0.4) is 0 Å². The van der Waals surface area contributed by atoms with Crippen molar-refractivity contribution in [2.45, 2.75) is 31.0 Å². The Balaban J connectivity index is 1.93. The van der Waals surface area contributed by atoms with Gasteiger partial charge in [0.05, 0.1) is 7.11 Å². The van der Waals surface area contributed by atoms with Crippen LogP contribution in [0, 0.1) is 0 Å². The first-order valence-corrected chi connectivity index (χ1v) is 8.34. The Labute approximate surface area is 155 Å². The third-order valence-corrected chi connectivity index (χ3v) is 4.28. The molecule has 0 saturated heterocycles. The number of benzene rings is 1. The minimum atomic E-state index is -4.92. The zero-order valence-electron chi connectivity index (χ0n) is 15.1. The van der Waals surface area contributed by atoms with Crippen LogP contribution in [0.4, 0.5) is 13.2 Å². The number of carbonyl (C=O) groups is 1. The molecule has 2 N–H and O–H groups in total. The number of amides is 1. The van der Waals surface area contributed by atoms with E-state index in [1.807, 2.05) is 12.1 Å². The summed E-state index contributed by atoms with van der Waals surface area (Å²) < 4.78 is 46.5. The molecular formula is C18H22F3N3O3. The molecule has 1 aromatic heterocycles. The van der Waals surface area contributed by atoms with Crippen LogP contribution < -0.4 is 10.1 Å². The molecule has 1 aromatic carbocycles. The van der Waals surface area contributed by atoms with Crippen molar-refractivity contribution < 1.29 is 27.8 Å². The van der Waals surface area contributed by atoms with Gasteiger partial charge in [-0.3, -0.25) is 4.79 Å². The standard InChI is InChI=1S/C18H22F3N3O3/c1-24-12-11-23-16(24)17(26,18(19,20)21)9-10-22-15(25)8-7-13-5-3-4-6-14(13)27-2/h3-6,11-12,26H,7-10H2,1-2H3,(H,22,25). The molecule has 0 fully saturated rings. The molecule has 0 aliphatic heterocycles. The first kappa shape index (κ1) is 20.8. The number of methoxy groups -OCH3 is 1. The summed E-state index contributed by atoms with van der Waals surface area (Å²) in [5.74, 6) is -0.282. The largest absolute Gasteiger partial charge is 0.496 e. The number of para-hydroxylation sites is 1. The van der Waals surface area contributed by atoms with E-state index in [1.54, 1.807) is 12.1 Å². The maximum atomic E-state index is 13.4. The smallest absolute Gasteiger partial charge is 0.424 e. The second kappa shape index (κ2) is 8.43. The average molecular weight is 385 g/mol. The topological polar surface area (TPSA) is 76.4 Å². The predicted octanol–water partition coefficient (Wildman–Crippen LogP) is 2.32. The Bertz CT molecular complexity index is 776. The van der Waals surface area contributed by atoms with Gasteiger partial charge in [-0.1, -0.05) is 18.2 Å². The van der Waals surface area contributed by atoms with Crippen molar-refractivity contribution in [3.05, 3.63) is 48.0 Å². The molecule has 0 aliphatic carbocycles. The quantitative estimate of drug-likeness (QED) is 0.731. The van der Waals surface area contributed by atoms with Crippen LogP contribution in [-0.4, -0.2) is 40.4 Å². The number of carbonyl (C=O) groups excluding carboxylic acids is 1. The number of nitrogens with one attached hydrogen (secondary N) is 1. The summed E-state index contributed by atoms with van der Waals surface area (Å²) in [6, 6.07) is 7.20. The van der Waals surface area contributed by atoms with Gasteiger partial charge in [-0.2, -0.15) is 13.2 Å². The average Bonchev–Trinajstić information content (AvgIpc) is 3.05. The summed E-state index contributed by atoms with van der Waals surface area (Å²) >= 11 is 0. The van der Waals surface area contributed by atoms with Gasteiger partial charge in [0.15, 0.2) is 0 Å². The normalized spacial score (nSPS) is 13.9. The highest BCUT2D eigenvalue weighted by molar-refractivity contribution is 5.76. The number of hydrogen-bond acceptors (Lipinski definition) is 4. The highest BCUT2D eigenvalue weighted by atomic mass is 19.4. The Morgan fingerprint density at radius 2 is 2.04 bits per heavy atom. The molecule has 6 nitrogen and oxygen atoms in total. The fourth-order valence-corrected chi connectivity index (χ4v) is 2.77. The third-order valence-electron chi connectivity index (χ3n) is 4.28. The minimum absolute atomic E-state index is 0.0905. The summed E-state index contributed by atoms with van der Waals surface area (Å²) in [6.45, 7) is -0.340. The number of hydrogen-bond donors (Lipinski definition) is 2. The lowest BCUT2D eigenvalue weighted by atomic mass is 9.97. The Hall–Kier alpha value is -2.55. The molecule has 1 unspecified atom stereocenters. The van der Waals surface area contributed by atoms with Gasteiger partial charge in [0, 0.05) is 38.8 Å². The van der Waals surface area contributed by atoms with Gasteiger partial charge in [0.2, 0.25) is 11.5 Å². The fourth-order valence-electron chi connectivity index (χ4n) is 2.77. The van der Waals surface area contributed by atoms with Crippen molar-refractivity contribution in [2.24, 2.45) is 7.05 Å². The summed E-state index contributed by atoms with van der Waals surface area (Å²) in [7, 11) is 2.89. The van der Waals surface area contributed by atoms with E-state index in [2.05, 4.69) is 10.3 Å². The van der Waals surface area contributed by atoms with Crippen LogP contribution in [-0.2, 0) is 23.9 Å². The first-order chi connectivity index (χ1) is 12.7. The zero-order valence-corrected chi connectivity index (χ0v) is 15.1. The highest BCUT2D eigenvalue weighted by Crippen LogP contribution is 2.40. The Morgan fingerprint density at radius 1 is 1.33 bits per heavy atom. The Morgan fingerprint density at radius 3 is 2.63 bits per heavy atom. The van der Waals surface area contributed by atoms with Crippen LogP contribution in [0.5, 0.6) is 5.75 Å². The molecule has 0 aliphatic rings. The number of rotatable bonds is 8. The molecule has 0 saturated carbocycles. The van der Waals surface area contributed by atoms with E-state index in [4.69, 9.17) is 4.74 Å². The number of imidazole rings is 1. The van der Waals surface area contributed by atoms with Gasteiger partial charge in [0.25, 0.3) is 0 Å². The summed E-state index contributed by atoms with van der Waals surface area (Å²) in [4.78, 5) is 15.6. The van der Waals surface area contributed by atoms with Gasteiger partial charge < -0.3 is 19.7 Å². The molecule has 0 bridgehead atoms. The SMILES string of the molecule is COc1ccccc1CCC(=O)NCCC(O)(c1nccn1C)C(F)(F)F. The van der Waals surface area contributed by atoms with Crippen molar-refractivity contribution in [3.8, 4) is 5.75 Å². The lowest BCUT2D eigenvalue weighted by Gasteiger charge is -2.30. The van der Waals surface area contributed by atoms with E-state index in [-0.39, 0.29) is 13.0 Å². The summed E-state index contributed by atoms with van der Waals surface area (Å²) in [5, 5.41) is 12.6. The first-order valence-electron chi connectivity index (χ1n) is 8.34. The second-order valence-corrected chi connectivity index (χ2v) is 6.13. The monoisotopic (exact) mass is 385 g/mol. The summed E-state index contributed by atoms with van der Waals surface area (Å²) in [6.07, 6.45) is -2.68. The van der Waals surface area contributed by atoms with E-state index in [1.165, 1.54) is 26.6 Å². The van der Waals surface area contributed by atoms with Crippen molar-refractivity contribution in [2.75, 3.05) is 13.7 Å². The fraction of sp³-hybridized carbons (Fsp3) is 0.444. The molecule has 9 heteroatoms. The van der Waals surface area contributed by atoms with Gasteiger partial charge >= 0.3 is 6.18 Å². The highest BCUT2D eigenvalue weighted by Gasteiger charge is 2.57. The molecule has 27 heavy (non-hydrogen) atoms. The molecule has 1 amide bonds. The Kier molecular flexibility index (Phi) is 6.48. The number of alkyl halides is 3. The van der Waals surface area contributed by atoms with Crippen molar-refractivity contribution in [1.82, 2.24) is 14.9 Å². The second-order valence-electron chi connectivity index (χ2n) is 6.13. The lowest BCUT2D eigenvalue weighted by molar-refractivity contribution is -0.272. The minimum Gasteiger partial charge on any atom is -0.496 e. The van der Waals surface area contributed by atoms with Crippen LogP contribution >= 0.6 is 0 Å². The number of halogens is 3. The lowest BCUT2D eigenvalue weighted by Crippen LogP contribution is -2.46. The van der Waals surface area contributed by atoms with Crippen LogP contribution in [0.15, 0.2) is 36.7 Å². The maximum absolute atomic E-state index is 13.4. The van der Waals surface area contributed by atoms with Crippen LogP contribution in [0.1, 0.15) is 24.2 Å². The third kappa shape index (κ3) is 4.79. The molecule has 1 atom stereocenters. The van der Waals surface area contributed by atoms with Crippen LogP contribution in [0.2, 0.25) is 0 Å². The van der Waals surface area contributed by atoms with Gasteiger partial charge in [-0.25, -0.2) is 4.98 Å². The van der Waals surface area contributed by atoms with E-state index in [9.17, 15) is 23.1 Å². The molecule has 148 valence electrons. The molecule has 0 spiro atoms. The number of aryl methyl sites for hydroxylation is 2. The van der Waals surface area contributed by atoms with Crippen molar-refractivity contribution >= 4 is 5.91 Å². The molecule has 1 heterocycles. The molecular weight excluding hydrogens is 363 g/mol. The number of aliphatic hydroxyl groups is 1. The molecule has 2 aromatic rings. The van der Waals surface area contributed by atoms with Gasteiger partial charge in [-0.05, 0) is 18.1 Å². The zero-order chi connectivity index (χ0) is 20.1. The van der Waals surface area contributed by atoms with Crippen molar-refractivity contribution in [3.63, 3.8) is 0 Å². The van der Waals surface area contributed by atoms with E-state index in [0.29, 0.717) is 12.2 Å². The van der Waals surface area contributed by atoms with Crippen molar-refractivity contribution in [1.29, 1.82) is 0 Å². The van der Waals surface area contributed by atoms with E-state index < -0.39 is 29.9 Å².